The van der Waals surface area contributed by atoms with Gasteiger partial charge in [-0.2, -0.15) is 10.2 Å². The van der Waals surface area contributed by atoms with E-state index in [1.807, 2.05) is 0 Å². The fourth-order valence-corrected chi connectivity index (χ4v) is 5.34. The molecule has 0 atom stereocenters. The van der Waals surface area contributed by atoms with Crippen molar-refractivity contribution in [2.24, 2.45) is 10.2 Å². The molecule has 0 amide bonds. The normalized spacial score (nSPS) is 11.2. The number of carbonyl (C=O) groups excluding carboxylic acids is 1. The number of rotatable bonds is 21. The molecule has 6 nitrogen and oxygen atoms in total. The molecule has 0 saturated heterocycles. The van der Waals surface area contributed by atoms with Crippen LogP contribution in [0.3, 0.4) is 0 Å². The molecule has 3 aromatic carbocycles. The number of hydrogen-bond donors (Lipinski definition) is 0. The largest absolute Gasteiger partial charge is 0.497 e. The fourth-order valence-electron chi connectivity index (χ4n) is 4.79. The highest BCUT2D eigenvalue weighted by molar-refractivity contribution is 6.37. The molecule has 0 aliphatic rings. The van der Waals surface area contributed by atoms with Gasteiger partial charge in [0.25, 0.3) is 0 Å². The zero-order valence-corrected chi connectivity index (χ0v) is 27.7. The number of carbonyl (C=O) groups is 1. The van der Waals surface area contributed by atoms with Gasteiger partial charge in [-0.3, -0.25) is 0 Å². The number of esters is 1. The van der Waals surface area contributed by atoms with E-state index in [1.165, 1.54) is 95.6 Å². The summed E-state index contributed by atoms with van der Waals surface area (Å²) in [6, 6.07) is 17.1. The van der Waals surface area contributed by atoms with E-state index in [-0.39, 0.29) is 15.8 Å². The third-order valence-electron chi connectivity index (χ3n) is 7.39. The molecule has 0 heterocycles. The standard InChI is InChI=1S/C36H46Cl2N2O4/c1-3-4-5-6-7-8-9-10-11-12-13-14-15-16-25-43-32-21-17-28(18-22-32)36(41)44-35-33(37)26-30(27-34(35)38)40-39-29-19-23-31(42-2)24-20-29/h17-24,26-27H,3-16,25H2,1-2H3. The van der Waals surface area contributed by atoms with Crippen LogP contribution in [0.15, 0.2) is 70.9 Å². The van der Waals surface area contributed by atoms with Gasteiger partial charge in [-0.15, -0.1) is 0 Å². The number of methoxy groups -OCH3 is 1. The van der Waals surface area contributed by atoms with Crippen LogP contribution in [0.4, 0.5) is 11.4 Å². The third-order valence-corrected chi connectivity index (χ3v) is 7.95. The lowest BCUT2D eigenvalue weighted by Crippen LogP contribution is -2.09. The number of benzene rings is 3. The molecule has 0 aliphatic carbocycles. The zero-order valence-electron chi connectivity index (χ0n) is 26.2. The van der Waals surface area contributed by atoms with Crippen LogP contribution in [0.25, 0.3) is 0 Å². The lowest BCUT2D eigenvalue weighted by Gasteiger charge is -2.10. The van der Waals surface area contributed by atoms with Crippen molar-refractivity contribution in [3.05, 3.63) is 76.3 Å². The molecule has 8 heteroatoms. The van der Waals surface area contributed by atoms with Crippen LogP contribution in [0.5, 0.6) is 17.2 Å². The number of nitrogens with zero attached hydrogens (tertiary/aromatic N) is 2. The number of azo groups is 1. The van der Waals surface area contributed by atoms with Crippen molar-refractivity contribution in [2.75, 3.05) is 13.7 Å². The van der Waals surface area contributed by atoms with Gasteiger partial charge >= 0.3 is 5.97 Å². The maximum Gasteiger partial charge on any atom is 0.343 e. The Morgan fingerprint density at radius 1 is 0.636 bits per heavy atom. The predicted molar refractivity (Wildman–Crippen MR) is 181 cm³/mol. The number of ether oxygens (including phenoxy) is 3. The van der Waals surface area contributed by atoms with Crippen LogP contribution in [0.1, 0.15) is 107 Å². The summed E-state index contributed by atoms with van der Waals surface area (Å²) in [5, 5.41) is 8.66. The van der Waals surface area contributed by atoms with Crippen LogP contribution in [0, 0.1) is 0 Å². The molecule has 238 valence electrons. The molecule has 3 aromatic rings. The summed E-state index contributed by atoms with van der Waals surface area (Å²) in [7, 11) is 1.60. The topological polar surface area (TPSA) is 69.5 Å². The highest BCUT2D eigenvalue weighted by Gasteiger charge is 2.16. The Labute approximate surface area is 273 Å². The summed E-state index contributed by atoms with van der Waals surface area (Å²) in [6.45, 7) is 2.93. The number of hydrogen-bond acceptors (Lipinski definition) is 6. The molecule has 0 saturated carbocycles. The van der Waals surface area contributed by atoms with Crippen molar-refractivity contribution in [1.29, 1.82) is 0 Å². The highest BCUT2D eigenvalue weighted by atomic mass is 35.5. The average molecular weight is 642 g/mol. The van der Waals surface area contributed by atoms with Gasteiger partial charge in [-0.05, 0) is 67.1 Å². The number of unbranched alkanes of at least 4 members (excludes halogenated alkanes) is 13. The van der Waals surface area contributed by atoms with Gasteiger partial charge in [0.2, 0.25) is 0 Å². The van der Waals surface area contributed by atoms with Gasteiger partial charge in [-0.1, -0.05) is 114 Å². The maximum absolute atomic E-state index is 12.8. The van der Waals surface area contributed by atoms with E-state index in [9.17, 15) is 4.79 Å². The Morgan fingerprint density at radius 3 is 1.64 bits per heavy atom. The van der Waals surface area contributed by atoms with E-state index in [2.05, 4.69) is 17.2 Å². The quantitative estimate of drug-likeness (QED) is 0.0502. The first-order valence-corrected chi connectivity index (χ1v) is 16.8. The molecule has 0 aliphatic heterocycles. The molecule has 0 N–H and O–H groups in total. The Bertz CT molecular complexity index is 1260. The zero-order chi connectivity index (χ0) is 31.4. The molecule has 0 fully saturated rings. The van der Waals surface area contributed by atoms with Crippen molar-refractivity contribution < 1.29 is 19.0 Å². The van der Waals surface area contributed by atoms with E-state index in [0.717, 1.165) is 17.9 Å². The highest BCUT2D eigenvalue weighted by Crippen LogP contribution is 2.38. The first-order valence-electron chi connectivity index (χ1n) is 16.0. The Kier molecular flexibility index (Phi) is 16.7. The van der Waals surface area contributed by atoms with Gasteiger partial charge in [0.15, 0.2) is 5.75 Å². The molecule has 3 rings (SSSR count). The minimum absolute atomic E-state index is 0.0693. The summed E-state index contributed by atoms with van der Waals surface area (Å²) < 4.78 is 16.5. The van der Waals surface area contributed by atoms with Crippen LogP contribution in [-0.2, 0) is 0 Å². The Balaban J connectivity index is 1.32. The van der Waals surface area contributed by atoms with Crippen molar-refractivity contribution in [2.45, 2.75) is 96.8 Å². The minimum atomic E-state index is -0.570. The van der Waals surface area contributed by atoms with E-state index < -0.39 is 5.97 Å². The van der Waals surface area contributed by atoms with Crippen LogP contribution < -0.4 is 14.2 Å². The summed E-state index contributed by atoms with van der Waals surface area (Å²) >= 11 is 12.7. The first kappa shape index (κ1) is 35.4. The molecule has 0 unspecified atom stereocenters. The lowest BCUT2D eigenvalue weighted by molar-refractivity contribution is 0.0735. The van der Waals surface area contributed by atoms with Gasteiger partial charge in [0.1, 0.15) is 11.5 Å². The maximum atomic E-state index is 12.8. The molecular weight excluding hydrogens is 595 g/mol. The Hall–Kier alpha value is -3.09. The predicted octanol–water partition coefficient (Wildman–Crippen LogP) is 12.5. The molecule has 0 radical (unpaired) electrons. The second kappa shape index (κ2) is 20.8. The number of halogens is 2. The Morgan fingerprint density at radius 2 is 1.11 bits per heavy atom. The molecule has 0 bridgehead atoms. The average Bonchev–Trinajstić information content (AvgIpc) is 3.04. The summed E-state index contributed by atoms with van der Waals surface area (Å²) in [6.07, 6.45) is 18.6. The third kappa shape index (κ3) is 13.3. The first-order chi connectivity index (χ1) is 21.5. The summed E-state index contributed by atoms with van der Waals surface area (Å²) in [4.78, 5) is 12.8. The smallest absolute Gasteiger partial charge is 0.343 e. The van der Waals surface area contributed by atoms with Gasteiger partial charge in [0, 0.05) is 0 Å². The van der Waals surface area contributed by atoms with Gasteiger partial charge in [-0.25, -0.2) is 4.79 Å². The van der Waals surface area contributed by atoms with E-state index in [1.54, 1.807) is 55.6 Å². The minimum Gasteiger partial charge on any atom is -0.497 e. The van der Waals surface area contributed by atoms with Gasteiger partial charge in [0.05, 0.1) is 40.7 Å². The summed E-state index contributed by atoms with van der Waals surface area (Å²) in [5.41, 5.74) is 1.43. The summed E-state index contributed by atoms with van der Waals surface area (Å²) in [5.74, 6) is 0.947. The van der Waals surface area contributed by atoms with Crippen LogP contribution >= 0.6 is 23.2 Å². The fraction of sp³-hybridized carbons (Fsp3) is 0.472. The molecule has 0 aromatic heterocycles. The second-order valence-electron chi connectivity index (χ2n) is 11.0. The lowest BCUT2D eigenvalue weighted by atomic mass is 10.0. The van der Waals surface area contributed by atoms with Crippen molar-refractivity contribution >= 4 is 40.5 Å². The van der Waals surface area contributed by atoms with Crippen LogP contribution in [-0.4, -0.2) is 19.7 Å². The molecular formula is C36H46Cl2N2O4. The van der Waals surface area contributed by atoms with E-state index in [4.69, 9.17) is 37.4 Å². The molecule has 44 heavy (non-hydrogen) atoms. The monoisotopic (exact) mass is 640 g/mol. The van der Waals surface area contributed by atoms with Crippen LogP contribution in [0.2, 0.25) is 10.0 Å². The van der Waals surface area contributed by atoms with Crippen molar-refractivity contribution in [3.8, 4) is 17.2 Å². The second-order valence-corrected chi connectivity index (χ2v) is 11.8. The SMILES string of the molecule is CCCCCCCCCCCCCCCCOc1ccc(C(=O)Oc2c(Cl)cc(N=Nc3ccc(OC)cc3)cc2Cl)cc1. The van der Waals surface area contributed by atoms with Crippen molar-refractivity contribution in [1.82, 2.24) is 0 Å². The molecule has 0 spiro atoms. The van der Waals surface area contributed by atoms with E-state index in [0.29, 0.717) is 23.5 Å². The van der Waals surface area contributed by atoms with Gasteiger partial charge < -0.3 is 14.2 Å². The van der Waals surface area contributed by atoms with E-state index >= 15 is 0 Å². The van der Waals surface area contributed by atoms with Crippen molar-refractivity contribution in [3.63, 3.8) is 0 Å².